The van der Waals surface area contributed by atoms with Crippen LogP contribution in [-0.4, -0.2) is 29.1 Å². The number of carboxylic acid groups (broad SMARTS) is 1. The highest BCUT2D eigenvalue weighted by Crippen LogP contribution is 2.32. The minimum absolute atomic E-state index is 0.0372. The second-order valence-corrected chi connectivity index (χ2v) is 4.95. The smallest absolute Gasteiger partial charge is 0.416 e. The summed E-state index contributed by atoms with van der Waals surface area (Å²) in [5.41, 5.74) is -0.733. The number of alkyl halides is 3. The van der Waals surface area contributed by atoms with Crippen molar-refractivity contribution >= 4 is 11.8 Å². The van der Waals surface area contributed by atoms with E-state index in [0.29, 0.717) is 13.1 Å². The van der Waals surface area contributed by atoms with E-state index in [1.807, 2.05) is 0 Å². The molecule has 1 aromatic heterocycles. The third kappa shape index (κ3) is 3.61. The van der Waals surface area contributed by atoms with Gasteiger partial charge in [-0.1, -0.05) is 0 Å². The molecule has 1 unspecified atom stereocenters. The molecule has 0 saturated carbocycles. The Kier molecular flexibility index (Phi) is 4.15. The Hall–Kier alpha value is -1.79. The molecule has 1 saturated heterocycles. The lowest BCUT2D eigenvalue weighted by Crippen LogP contribution is -2.36. The summed E-state index contributed by atoms with van der Waals surface area (Å²) in [4.78, 5) is 16.4. The molecular weight excluding hydrogens is 273 g/mol. The van der Waals surface area contributed by atoms with Gasteiger partial charge in [0.15, 0.2) is 0 Å². The largest absolute Gasteiger partial charge is 0.481 e. The Morgan fingerprint density at radius 3 is 2.90 bits per heavy atom. The van der Waals surface area contributed by atoms with Crippen molar-refractivity contribution in [2.24, 2.45) is 5.92 Å². The third-order valence-electron chi connectivity index (χ3n) is 3.38. The van der Waals surface area contributed by atoms with Crippen molar-refractivity contribution in [2.75, 3.05) is 18.0 Å². The van der Waals surface area contributed by atoms with E-state index in [2.05, 4.69) is 4.98 Å². The highest BCUT2D eigenvalue weighted by atomic mass is 19.4. The van der Waals surface area contributed by atoms with Crippen LogP contribution in [0.5, 0.6) is 0 Å². The van der Waals surface area contributed by atoms with Crippen molar-refractivity contribution < 1.29 is 23.1 Å². The monoisotopic (exact) mass is 288 g/mol. The van der Waals surface area contributed by atoms with Gasteiger partial charge in [0.25, 0.3) is 0 Å². The van der Waals surface area contributed by atoms with Gasteiger partial charge in [-0.3, -0.25) is 4.79 Å². The van der Waals surface area contributed by atoms with E-state index in [0.717, 1.165) is 31.2 Å². The number of nitrogens with zero attached hydrogens (tertiary/aromatic N) is 2. The molecule has 0 amide bonds. The lowest BCUT2D eigenvalue weighted by Gasteiger charge is -2.33. The Bertz CT molecular complexity index is 491. The molecule has 0 bridgehead atoms. The van der Waals surface area contributed by atoms with Crippen molar-refractivity contribution in [2.45, 2.75) is 25.4 Å². The first-order valence-corrected chi connectivity index (χ1v) is 6.36. The number of anilines is 1. The van der Waals surface area contributed by atoms with Crippen LogP contribution in [0.25, 0.3) is 0 Å². The molecule has 1 aliphatic rings. The quantitative estimate of drug-likeness (QED) is 0.929. The summed E-state index contributed by atoms with van der Waals surface area (Å²) < 4.78 is 38.0. The Labute approximate surface area is 114 Å². The maximum absolute atomic E-state index is 12.7. The highest BCUT2D eigenvalue weighted by Gasteiger charge is 2.32. The van der Waals surface area contributed by atoms with Gasteiger partial charge in [-0.15, -0.1) is 0 Å². The molecule has 1 N–H and O–H groups in total. The summed E-state index contributed by atoms with van der Waals surface area (Å²) in [6.45, 7) is 1.03. The molecule has 2 heterocycles. The van der Waals surface area contributed by atoms with Gasteiger partial charge in [0, 0.05) is 25.7 Å². The zero-order valence-electron chi connectivity index (χ0n) is 10.7. The first-order valence-electron chi connectivity index (χ1n) is 6.36. The van der Waals surface area contributed by atoms with Crippen LogP contribution in [-0.2, 0) is 11.0 Å². The number of carboxylic acids is 1. The van der Waals surface area contributed by atoms with Crippen molar-refractivity contribution in [3.8, 4) is 0 Å². The maximum atomic E-state index is 12.7. The highest BCUT2D eigenvalue weighted by molar-refractivity contribution is 5.67. The summed E-state index contributed by atoms with van der Waals surface area (Å²) in [6, 6.07) is 1.95. The Morgan fingerprint density at radius 1 is 1.50 bits per heavy atom. The lowest BCUT2D eigenvalue weighted by molar-refractivity contribution is -0.138. The number of hydrogen-bond acceptors (Lipinski definition) is 3. The molecule has 0 spiro atoms. The maximum Gasteiger partial charge on any atom is 0.416 e. The Balaban J connectivity index is 2.13. The normalized spacial score (nSPS) is 19.9. The zero-order chi connectivity index (χ0) is 14.8. The number of pyridine rings is 1. The Morgan fingerprint density at radius 2 is 2.25 bits per heavy atom. The fraction of sp³-hybridized carbons (Fsp3) is 0.538. The summed E-state index contributed by atoms with van der Waals surface area (Å²) in [6.07, 6.45) is -1.68. The van der Waals surface area contributed by atoms with Crippen LogP contribution in [0.4, 0.5) is 19.0 Å². The van der Waals surface area contributed by atoms with Crippen LogP contribution in [0.2, 0.25) is 0 Å². The number of hydrogen-bond donors (Lipinski definition) is 1. The lowest BCUT2D eigenvalue weighted by atomic mass is 9.95. The molecule has 7 heteroatoms. The second kappa shape index (κ2) is 5.68. The van der Waals surface area contributed by atoms with Crippen LogP contribution in [0, 0.1) is 5.92 Å². The minimum Gasteiger partial charge on any atom is -0.481 e. The number of halogens is 3. The van der Waals surface area contributed by atoms with Crippen LogP contribution < -0.4 is 4.90 Å². The molecule has 2 rings (SSSR count). The van der Waals surface area contributed by atoms with Crippen LogP contribution in [0.3, 0.4) is 0 Å². The standard InChI is InChI=1S/C13H15F3N2O2/c14-13(15,16)10-3-4-17-11(7-10)18-5-1-2-9(8-18)6-12(19)20/h3-4,7,9H,1-2,5-6,8H2,(H,19,20). The predicted molar refractivity (Wildman–Crippen MR) is 66.4 cm³/mol. The van der Waals surface area contributed by atoms with Gasteiger partial charge in [0.2, 0.25) is 0 Å². The zero-order valence-corrected chi connectivity index (χ0v) is 10.7. The van der Waals surface area contributed by atoms with Crippen molar-refractivity contribution in [3.63, 3.8) is 0 Å². The number of aliphatic carboxylic acids is 1. The molecule has 110 valence electrons. The fourth-order valence-corrected chi connectivity index (χ4v) is 2.45. The number of piperidine rings is 1. The van der Waals surface area contributed by atoms with Gasteiger partial charge in [-0.25, -0.2) is 4.98 Å². The molecule has 1 atom stereocenters. The molecule has 20 heavy (non-hydrogen) atoms. The molecule has 4 nitrogen and oxygen atoms in total. The van der Waals surface area contributed by atoms with Gasteiger partial charge in [-0.05, 0) is 30.9 Å². The van der Waals surface area contributed by atoms with Gasteiger partial charge >= 0.3 is 12.1 Å². The summed E-state index contributed by atoms with van der Waals surface area (Å²) in [5.74, 6) is -0.665. The van der Waals surface area contributed by atoms with E-state index in [1.165, 1.54) is 0 Å². The minimum atomic E-state index is -4.39. The first kappa shape index (κ1) is 14.6. The summed E-state index contributed by atoms with van der Waals surface area (Å²) in [5, 5.41) is 8.79. The van der Waals surface area contributed by atoms with E-state index >= 15 is 0 Å². The third-order valence-corrected chi connectivity index (χ3v) is 3.38. The van der Waals surface area contributed by atoms with Crippen molar-refractivity contribution in [1.82, 2.24) is 4.98 Å². The average molecular weight is 288 g/mol. The predicted octanol–water partition coefficient (Wildman–Crippen LogP) is 2.79. The van der Waals surface area contributed by atoms with E-state index < -0.39 is 17.7 Å². The molecule has 0 aliphatic carbocycles. The summed E-state index contributed by atoms with van der Waals surface area (Å²) in [7, 11) is 0. The number of rotatable bonds is 3. The molecule has 0 radical (unpaired) electrons. The second-order valence-electron chi connectivity index (χ2n) is 4.95. The fourth-order valence-electron chi connectivity index (χ4n) is 2.45. The number of carbonyl (C=O) groups is 1. The van der Waals surface area contributed by atoms with E-state index in [1.54, 1.807) is 4.90 Å². The number of aromatic nitrogens is 1. The SMILES string of the molecule is O=C(O)CC1CCCN(c2cc(C(F)(F)F)ccn2)C1. The van der Waals surface area contributed by atoms with Crippen LogP contribution in [0.1, 0.15) is 24.8 Å². The van der Waals surface area contributed by atoms with Crippen molar-refractivity contribution in [3.05, 3.63) is 23.9 Å². The van der Waals surface area contributed by atoms with Gasteiger partial charge in [-0.2, -0.15) is 13.2 Å². The van der Waals surface area contributed by atoms with E-state index in [-0.39, 0.29) is 18.2 Å². The van der Waals surface area contributed by atoms with E-state index in [4.69, 9.17) is 5.11 Å². The van der Waals surface area contributed by atoms with Gasteiger partial charge in [0.1, 0.15) is 5.82 Å². The van der Waals surface area contributed by atoms with Crippen LogP contribution in [0.15, 0.2) is 18.3 Å². The molecular formula is C13H15F3N2O2. The average Bonchev–Trinajstić information content (AvgIpc) is 2.37. The van der Waals surface area contributed by atoms with Crippen molar-refractivity contribution in [1.29, 1.82) is 0 Å². The molecule has 1 fully saturated rings. The summed E-state index contributed by atoms with van der Waals surface area (Å²) >= 11 is 0. The molecule has 1 aromatic rings. The van der Waals surface area contributed by atoms with Gasteiger partial charge in [0.05, 0.1) is 5.56 Å². The van der Waals surface area contributed by atoms with Crippen LogP contribution >= 0.6 is 0 Å². The molecule has 1 aliphatic heterocycles. The van der Waals surface area contributed by atoms with E-state index in [9.17, 15) is 18.0 Å². The molecule has 0 aromatic carbocycles. The first-order chi connectivity index (χ1) is 9.36. The van der Waals surface area contributed by atoms with Gasteiger partial charge < -0.3 is 10.0 Å². The topological polar surface area (TPSA) is 53.4 Å².